The zero-order valence-electron chi connectivity index (χ0n) is 10.5. The Labute approximate surface area is 106 Å². The highest BCUT2D eigenvalue weighted by molar-refractivity contribution is 5.71. The van der Waals surface area contributed by atoms with Crippen LogP contribution in [0.25, 0.3) is 0 Å². The first-order valence-electron chi connectivity index (χ1n) is 5.80. The van der Waals surface area contributed by atoms with Crippen LogP contribution < -0.4 is 9.47 Å². The van der Waals surface area contributed by atoms with Gasteiger partial charge in [-0.2, -0.15) is 0 Å². The molecular weight excluding hydrogens is 234 g/mol. The summed E-state index contributed by atoms with van der Waals surface area (Å²) in [5.74, 6) is 0.474. The molecule has 1 saturated heterocycles. The third kappa shape index (κ3) is 2.56. The molecule has 1 aliphatic heterocycles. The van der Waals surface area contributed by atoms with Crippen molar-refractivity contribution in [1.29, 1.82) is 0 Å². The number of nitrogens with zero attached hydrogens (tertiary/aromatic N) is 1. The minimum absolute atomic E-state index is 0.217. The van der Waals surface area contributed by atoms with Crippen molar-refractivity contribution < 1.29 is 19.4 Å². The van der Waals surface area contributed by atoms with Gasteiger partial charge in [0.2, 0.25) is 0 Å². The van der Waals surface area contributed by atoms with Gasteiger partial charge in [-0.15, -0.1) is 0 Å². The number of ether oxygens (including phenoxy) is 2. The van der Waals surface area contributed by atoms with Gasteiger partial charge >= 0.3 is 5.97 Å². The van der Waals surface area contributed by atoms with Crippen molar-refractivity contribution in [3.8, 4) is 11.5 Å². The van der Waals surface area contributed by atoms with E-state index in [0.29, 0.717) is 24.6 Å². The Morgan fingerprint density at radius 1 is 1.33 bits per heavy atom. The quantitative estimate of drug-likeness (QED) is 0.852. The molecule has 98 valence electrons. The summed E-state index contributed by atoms with van der Waals surface area (Å²) in [6.45, 7) is 1.97. The standard InChI is InChI=1S/C13H17NO4/c1-17-11-4-3-9(5-12(11)18-2)6-14-7-10(8-14)13(15)16/h3-5,10H,6-8H2,1-2H3,(H,15,16). The van der Waals surface area contributed by atoms with Crippen molar-refractivity contribution in [3.05, 3.63) is 23.8 Å². The maximum Gasteiger partial charge on any atom is 0.309 e. The van der Waals surface area contributed by atoms with Gasteiger partial charge in [0.1, 0.15) is 0 Å². The van der Waals surface area contributed by atoms with Crippen molar-refractivity contribution in [1.82, 2.24) is 4.90 Å². The molecule has 1 N–H and O–H groups in total. The largest absolute Gasteiger partial charge is 0.493 e. The fraction of sp³-hybridized carbons (Fsp3) is 0.462. The number of carboxylic acids is 1. The summed E-state index contributed by atoms with van der Waals surface area (Å²) in [7, 11) is 3.20. The van der Waals surface area contributed by atoms with Crippen LogP contribution in [0.5, 0.6) is 11.5 Å². The van der Waals surface area contributed by atoms with E-state index in [9.17, 15) is 4.79 Å². The summed E-state index contributed by atoms with van der Waals surface area (Å²) in [5, 5.41) is 8.80. The summed E-state index contributed by atoms with van der Waals surface area (Å²) < 4.78 is 10.4. The third-order valence-electron chi connectivity index (χ3n) is 3.16. The summed E-state index contributed by atoms with van der Waals surface area (Å²) in [6, 6.07) is 5.75. The van der Waals surface area contributed by atoms with Crippen LogP contribution in [0.15, 0.2) is 18.2 Å². The van der Waals surface area contributed by atoms with Crippen LogP contribution in [-0.2, 0) is 11.3 Å². The Kier molecular flexibility index (Phi) is 3.72. The van der Waals surface area contributed by atoms with E-state index in [4.69, 9.17) is 14.6 Å². The van der Waals surface area contributed by atoms with Crippen LogP contribution in [0.3, 0.4) is 0 Å². The topological polar surface area (TPSA) is 59.0 Å². The van der Waals surface area contributed by atoms with E-state index >= 15 is 0 Å². The molecule has 0 bridgehead atoms. The van der Waals surface area contributed by atoms with Gasteiger partial charge in [0.05, 0.1) is 20.1 Å². The van der Waals surface area contributed by atoms with Crippen molar-refractivity contribution >= 4 is 5.97 Å². The van der Waals surface area contributed by atoms with Gasteiger partial charge in [0, 0.05) is 19.6 Å². The van der Waals surface area contributed by atoms with Gasteiger partial charge < -0.3 is 14.6 Å². The zero-order valence-corrected chi connectivity index (χ0v) is 10.5. The van der Waals surface area contributed by atoms with Crippen molar-refractivity contribution in [2.24, 2.45) is 5.92 Å². The molecule has 0 aliphatic carbocycles. The van der Waals surface area contributed by atoms with Gasteiger partial charge in [0.25, 0.3) is 0 Å². The molecule has 1 fully saturated rings. The normalized spacial score (nSPS) is 16.1. The molecule has 5 heteroatoms. The fourth-order valence-electron chi connectivity index (χ4n) is 2.09. The lowest BCUT2D eigenvalue weighted by Crippen LogP contribution is -2.49. The highest BCUT2D eigenvalue weighted by Crippen LogP contribution is 2.29. The zero-order chi connectivity index (χ0) is 13.1. The van der Waals surface area contributed by atoms with Gasteiger partial charge in [-0.25, -0.2) is 0 Å². The maximum atomic E-state index is 10.7. The van der Waals surface area contributed by atoms with E-state index < -0.39 is 5.97 Å². The first kappa shape index (κ1) is 12.7. The lowest BCUT2D eigenvalue weighted by molar-refractivity contribution is -0.147. The van der Waals surface area contributed by atoms with Crippen LogP contribution in [0.4, 0.5) is 0 Å². The molecule has 1 aromatic rings. The molecular formula is C13H17NO4. The van der Waals surface area contributed by atoms with Gasteiger partial charge in [-0.05, 0) is 17.7 Å². The Balaban J connectivity index is 1.97. The molecule has 1 heterocycles. The third-order valence-corrected chi connectivity index (χ3v) is 3.16. The number of hydrogen-bond acceptors (Lipinski definition) is 4. The summed E-state index contributed by atoms with van der Waals surface area (Å²) in [6.07, 6.45) is 0. The molecule has 18 heavy (non-hydrogen) atoms. The van der Waals surface area contributed by atoms with E-state index in [1.165, 1.54) is 0 Å². The smallest absolute Gasteiger partial charge is 0.309 e. The van der Waals surface area contributed by atoms with Crippen molar-refractivity contribution in [2.75, 3.05) is 27.3 Å². The number of carbonyl (C=O) groups is 1. The predicted octanol–water partition coefficient (Wildman–Crippen LogP) is 1.22. The number of hydrogen-bond donors (Lipinski definition) is 1. The maximum absolute atomic E-state index is 10.7. The number of likely N-dealkylation sites (tertiary alicyclic amines) is 1. The first-order valence-corrected chi connectivity index (χ1v) is 5.80. The number of benzene rings is 1. The molecule has 0 amide bonds. The summed E-state index contributed by atoms with van der Waals surface area (Å²) in [5.41, 5.74) is 1.09. The molecule has 0 saturated carbocycles. The molecule has 1 aliphatic rings. The average Bonchev–Trinajstić information content (AvgIpc) is 2.32. The fourth-order valence-corrected chi connectivity index (χ4v) is 2.09. The molecule has 0 radical (unpaired) electrons. The molecule has 0 atom stereocenters. The Morgan fingerprint density at radius 2 is 2.00 bits per heavy atom. The van der Waals surface area contributed by atoms with Crippen molar-refractivity contribution in [3.63, 3.8) is 0 Å². The minimum Gasteiger partial charge on any atom is -0.493 e. The molecule has 0 spiro atoms. The lowest BCUT2D eigenvalue weighted by atomic mass is 9.99. The summed E-state index contributed by atoms with van der Waals surface area (Å²) >= 11 is 0. The highest BCUT2D eigenvalue weighted by atomic mass is 16.5. The molecule has 1 aromatic carbocycles. The average molecular weight is 251 g/mol. The van der Waals surface area contributed by atoms with E-state index in [-0.39, 0.29) is 5.92 Å². The van der Waals surface area contributed by atoms with Crippen LogP contribution in [0, 0.1) is 5.92 Å². The van der Waals surface area contributed by atoms with Crippen LogP contribution in [-0.4, -0.2) is 43.3 Å². The molecule has 5 nitrogen and oxygen atoms in total. The first-order chi connectivity index (χ1) is 8.63. The summed E-state index contributed by atoms with van der Waals surface area (Å²) in [4.78, 5) is 12.8. The second-order valence-electron chi connectivity index (χ2n) is 4.42. The Bertz CT molecular complexity index is 441. The lowest BCUT2D eigenvalue weighted by Gasteiger charge is -2.36. The molecule has 0 aromatic heterocycles. The predicted molar refractivity (Wildman–Crippen MR) is 65.9 cm³/mol. The molecule has 0 unspecified atom stereocenters. The van der Waals surface area contributed by atoms with Crippen LogP contribution in [0.2, 0.25) is 0 Å². The van der Waals surface area contributed by atoms with Crippen molar-refractivity contribution in [2.45, 2.75) is 6.54 Å². The SMILES string of the molecule is COc1ccc(CN2CC(C(=O)O)C2)cc1OC. The number of carboxylic acid groups (broad SMARTS) is 1. The van der Waals surface area contributed by atoms with Gasteiger partial charge in [-0.1, -0.05) is 6.07 Å². The van der Waals surface area contributed by atoms with Gasteiger partial charge in [-0.3, -0.25) is 9.69 Å². The van der Waals surface area contributed by atoms with Crippen LogP contribution in [0.1, 0.15) is 5.56 Å². The van der Waals surface area contributed by atoms with E-state index in [0.717, 1.165) is 12.1 Å². The Hall–Kier alpha value is -1.75. The van der Waals surface area contributed by atoms with E-state index in [1.54, 1.807) is 14.2 Å². The second-order valence-corrected chi connectivity index (χ2v) is 4.42. The van der Waals surface area contributed by atoms with Gasteiger partial charge in [0.15, 0.2) is 11.5 Å². The number of methoxy groups -OCH3 is 2. The van der Waals surface area contributed by atoms with Crippen LogP contribution >= 0.6 is 0 Å². The second kappa shape index (κ2) is 5.27. The van der Waals surface area contributed by atoms with E-state index in [1.807, 2.05) is 18.2 Å². The van der Waals surface area contributed by atoms with E-state index in [2.05, 4.69) is 4.90 Å². The number of rotatable bonds is 5. The monoisotopic (exact) mass is 251 g/mol. The minimum atomic E-state index is -0.710. The highest BCUT2D eigenvalue weighted by Gasteiger charge is 2.32. The number of aliphatic carboxylic acids is 1. The molecule has 2 rings (SSSR count). The Morgan fingerprint density at radius 3 is 2.56 bits per heavy atom.